The first-order valence-electron chi connectivity index (χ1n) is 9.78. The van der Waals surface area contributed by atoms with Gasteiger partial charge in [0.1, 0.15) is 0 Å². The van der Waals surface area contributed by atoms with Crippen molar-refractivity contribution in [3.8, 4) is 0 Å². The average Bonchev–Trinajstić information content (AvgIpc) is 2.71. The minimum absolute atomic E-state index is 0. The largest absolute Gasteiger partial charge is 4.00 e. The van der Waals surface area contributed by atoms with E-state index < -0.39 is 12.7 Å². The monoisotopic (exact) mass is 750 g/mol. The van der Waals surface area contributed by atoms with Crippen molar-refractivity contribution in [2.45, 2.75) is 26.7 Å². The number of hydrogen-bond acceptors (Lipinski definition) is 5. The Labute approximate surface area is 227 Å². The minimum atomic E-state index is -10.7. The van der Waals surface area contributed by atoms with Crippen molar-refractivity contribution in [2.75, 3.05) is 0 Å². The molecule has 0 unspecified atom stereocenters. The summed E-state index contributed by atoms with van der Waals surface area (Å²) in [6, 6.07) is 17.0. The molecule has 3 rings (SSSR count). The third-order valence-corrected chi connectivity index (χ3v) is 3.84. The van der Waals surface area contributed by atoms with Crippen LogP contribution in [0.1, 0.15) is 30.9 Å². The van der Waals surface area contributed by atoms with Crippen LogP contribution in [-0.2, 0) is 19.8 Å². The van der Waals surface area contributed by atoms with Gasteiger partial charge in [-0.2, -0.15) is 0 Å². The number of nitrogens with one attached hydrogen (secondary N) is 1. The second-order valence-electron chi connectivity index (χ2n) is 7.41. The molecule has 1 N–H and O–H groups in total. The van der Waals surface area contributed by atoms with Crippen molar-refractivity contribution in [3.05, 3.63) is 98.3 Å². The van der Waals surface area contributed by atoms with Crippen LogP contribution in [0.5, 0.6) is 0 Å². The van der Waals surface area contributed by atoms with Crippen molar-refractivity contribution in [1.82, 2.24) is 4.98 Å². The number of aryl methyl sites for hydroxylation is 1. The summed E-state index contributed by atoms with van der Waals surface area (Å²) in [5.41, 5.74) is 3.04. The molecule has 0 radical (unpaired) electrons. The van der Waals surface area contributed by atoms with Crippen LogP contribution in [0.15, 0.2) is 81.9 Å². The van der Waals surface area contributed by atoms with Crippen molar-refractivity contribution in [1.29, 1.82) is 0 Å². The van der Waals surface area contributed by atoms with Gasteiger partial charge in [-0.15, -0.1) is 10.2 Å². The van der Waals surface area contributed by atoms with Crippen LogP contribution >= 0.6 is 7.81 Å². The molecule has 3 aromatic rings. The maximum atomic E-state index is 11.0. The van der Waals surface area contributed by atoms with Gasteiger partial charge in [-0.3, -0.25) is 14.9 Å². The Hall–Kier alpha value is -2.67. The molecule has 0 saturated heterocycles. The van der Waals surface area contributed by atoms with Gasteiger partial charge >= 0.3 is 52.8 Å². The summed E-state index contributed by atoms with van der Waals surface area (Å²) in [5, 5.41) is 18.1. The van der Waals surface area contributed by atoms with Crippen LogP contribution in [0, 0.1) is 17.0 Å². The van der Waals surface area contributed by atoms with Crippen LogP contribution in [0.3, 0.4) is 0 Å². The van der Waals surface area contributed by atoms with Crippen LogP contribution in [0.2, 0.25) is 0 Å². The van der Waals surface area contributed by atoms with Gasteiger partial charge in [0, 0.05) is 30.5 Å². The molecule has 1 heterocycles. The van der Waals surface area contributed by atoms with E-state index >= 15 is 0 Å². The number of aromatic amines is 1. The molecule has 0 atom stereocenters. The molecule has 0 aliphatic heterocycles. The van der Waals surface area contributed by atoms with Gasteiger partial charge in [-0.1, -0.05) is 43.7 Å². The number of benzene rings is 2. The molecule has 0 bridgehead atoms. The molecule has 2 aromatic carbocycles. The Morgan fingerprint density at radius 3 is 1.78 bits per heavy atom. The van der Waals surface area contributed by atoms with E-state index in [0.717, 1.165) is 0 Å². The van der Waals surface area contributed by atoms with E-state index in [2.05, 4.69) is 60.2 Å². The van der Waals surface area contributed by atoms with Gasteiger partial charge < -0.3 is 17.4 Å². The second kappa shape index (κ2) is 13.8. The van der Waals surface area contributed by atoms with Crippen LogP contribution in [0.4, 0.5) is 42.4 Å². The molecular formula is C21H22ClF6N4O3OsP+2. The quantitative estimate of drug-likeness (QED) is 0.113. The third-order valence-electron chi connectivity index (χ3n) is 3.84. The molecular weight excluding hydrogens is 727 g/mol. The maximum Gasteiger partial charge on any atom is 4.00 e. The van der Waals surface area contributed by atoms with Gasteiger partial charge in [-0.25, -0.2) is 0 Å². The van der Waals surface area contributed by atoms with E-state index in [-0.39, 0.29) is 43.3 Å². The predicted molar refractivity (Wildman–Crippen MR) is 123 cm³/mol. The number of aromatic nitrogens is 1. The average molecular weight is 749 g/mol. The fourth-order valence-corrected chi connectivity index (χ4v) is 2.20. The molecule has 16 heteroatoms. The summed E-state index contributed by atoms with van der Waals surface area (Å²) >= 11 is 0. The summed E-state index contributed by atoms with van der Waals surface area (Å²) in [4.78, 5) is 23.7. The Kier molecular flexibility index (Phi) is 13.6. The fraction of sp³-hybridized carbons (Fsp3) is 0.190. The number of hydrogen-bond donors (Lipinski definition) is 1. The Morgan fingerprint density at radius 1 is 0.892 bits per heavy atom. The predicted octanol–water partition coefficient (Wildman–Crippen LogP) is 6.20. The van der Waals surface area contributed by atoms with Crippen LogP contribution in [-0.4, -0.2) is 9.91 Å². The van der Waals surface area contributed by atoms with Crippen molar-refractivity contribution < 1.29 is 62.3 Å². The summed E-state index contributed by atoms with van der Waals surface area (Å²) in [6.07, 6.45) is 1.46. The molecule has 37 heavy (non-hydrogen) atoms. The minimum Gasteiger partial charge on any atom is -1.00 e. The van der Waals surface area contributed by atoms with E-state index in [9.17, 15) is 40.1 Å². The Bertz CT molecular complexity index is 1210. The van der Waals surface area contributed by atoms with Crippen LogP contribution < -0.4 is 17.8 Å². The Balaban J connectivity index is 0. The van der Waals surface area contributed by atoms with Gasteiger partial charge in [0.2, 0.25) is 0 Å². The molecule has 204 valence electrons. The van der Waals surface area contributed by atoms with Crippen molar-refractivity contribution in [3.63, 3.8) is 0 Å². The smallest absolute Gasteiger partial charge is 1.00 e. The van der Waals surface area contributed by atoms with E-state index in [1.165, 1.54) is 53.7 Å². The fourth-order valence-electron chi connectivity index (χ4n) is 2.20. The zero-order valence-corrected chi connectivity index (χ0v) is 23.6. The molecule has 0 saturated carbocycles. The summed E-state index contributed by atoms with van der Waals surface area (Å²) in [6.45, 7) is 6.54. The van der Waals surface area contributed by atoms with E-state index in [1.54, 1.807) is 0 Å². The van der Waals surface area contributed by atoms with E-state index in [4.69, 9.17) is 0 Å². The number of H-pyrrole nitrogens is 1. The summed E-state index contributed by atoms with van der Waals surface area (Å²) in [5.74, 6) is 0.974. The van der Waals surface area contributed by atoms with Crippen molar-refractivity contribution >= 4 is 25.0 Å². The first-order valence-corrected chi connectivity index (χ1v) is 11.8. The molecule has 7 nitrogen and oxygen atoms in total. The number of azo groups is 1. The number of halogens is 7. The summed E-state index contributed by atoms with van der Waals surface area (Å²) < 4.78 is 59.2. The maximum absolute atomic E-state index is 11.0. The number of nitro benzene ring substituents is 1. The zero-order chi connectivity index (χ0) is 26.9. The third kappa shape index (κ3) is 20.1. The number of non-ortho nitro benzene ring substituents is 1. The molecule has 0 amide bonds. The van der Waals surface area contributed by atoms with E-state index in [0.29, 0.717) is 17.4 Å². The number of rotatable bonds is 4. The topological polar surface area (TPSA) is 101 Å². The van der Waals surface area contributed by atoms with Gasteiger partial charge in [0.15, 0.2) is 11.2 Å². The summed E-state index contributed by atoms with van der Waals surface area (Å²) in [7, 11) is -10.7. The number of nitrogens with zero attached hydrogens (tertiary/aromatic N) is 3. The Morgan fingerprint density at radius 2 is 1.38 bits per heavy atom. The standard InChI is InChI=1S/C11H8N4O3.C10H14.ClH.F6P.Os/c16-10-5-6-12-11(7-10)14-13-8-1-3-9(4-2-8)15(17)18;1-8(2)10-6-4-9(3)5-7-10;;1-7(2,3,4,5)6;/h1-7H,(H,12,16);4-8H,1-3H3;1H;;/q;;;-1;+4/p-1. The van der Waals surface area contributed by atoms with Gasteiger partial charge in [0.25, 0.3) is 5.69 Å². The SMILES string of the molecule is Cc1ccc(C(C)C)cc1.F[P-](F)(F)(F)(F)F.O=c1cc[nH]c(N=Nc2ccc([N+](=O)[O-])cc2)c1.[Cl-].[Os+4]. The molecule has 0 aliphatic rings. The number of nitro groups is 1. The van der Waals surface area contributed by atoms with Crippen LogP contribution in [0.25, 0.3) is 0 Å². The molecule has 0 spiro atoms. The normalized spacial score (nSPS) is 12.4. The molecule has 0 aliphatic carbocycles. The molecule has 0 fully saturated rings. The zero-order valence-electron chi connectivity index (χ0n) is 19.4. The first kappa shape index (κ1) is 36.5. The first-order chi connectivity index (χ1) is 15.8. The second-order valence-corrected chi connectivity index (χ2v) is 9.32. The van der Waals surface area contributed by atoms with E-state index in [1.807, 2.05) is 0 Å². The van der Waals surface area contributed by atoms with Gasteiger partial charge in [0.05, 0.1) is 10.6 Å². The van der Waals surface area contributed by atoms with Gasteiger partial charge in [-0.05, 0) is 30.5 Å². The molecule has 1 aromatic heterocycles. The number of pyridine rings is 1. The van der Waals surface area contributed by atoms with Crippen molar-refractivity contribution in [2.24, 2.45) is 10.2 Å².